The van der Waals surface area contributed by atoms with Crippen LogP contribution in [0.25, 0.3) is 10.9 Å². The van der Waals surface area contributed by atoms with Gasteiger partial charge in [-0.05, 0) is 22.0 Å². The number of hydrogen-bond acceptors (Lipinski definition) is 4. The van der Waals surface area contributed by atoms with E-state index in [4.69, 9.17) is 10.8 Å². The van der Waals surface area contributed by atoms with Gasteiger partial charge in [-0.3, -0.25) is 4.98 Å². The Balaban J connectivity index is 2.81. The zero-order chi connectivity index (χ0) is 11.0. The molecule has 0 radical (unpaired) electrons. The van der Waals surface area contributed by atoms with E-state index < -0.39 is 5.97 Å². The molecule has 0 fully saturated rings. The molecule has 15 heavy (non-hydrogen) atoms. The normalized spacial score (nSPS) is 10.5. The number of fused-ring (bicyclic) bond motifs is 1. The number of pyridine rings is 2. The van der Waals surface area contributed by atoms with Gasteiger partial charge >= 0.3 is 5.97 Å². The number of aromatic carboxylic acids is 1. The molecule has 0 atom stereocenters. The van der Waals surface area contributed by atoms with Crippen molar-refractivity contribution in [3.05, 3.63) is 28.5 Å². The molecule has 0 aliphatic heterocycles. The SMILES string of the molecule is Nc1ncc(Br)c2cc(C(=O)O)cnc12. The Morgan fingerprint density at radius 3 is 2.80 bits per heavy atom. The van der Waals surface area contributed by atoms with E-state index in [0.29, 0.717) is 15.4 Å². The Morgan fingerprint density at radius 2 is 2.13 bits per heavy atom. The summed E-state index contributed by atoms with van der Waals surface area (Å²) in [5.41, 5.74) is 6.22. The van der Waals surface area contributed by atoms with Gasteiger partial charge in [0.15, 0.2) is 0 Å². The number of nitrogen functional groups attached to an aromatic ring is 1. The molecule has 0 bridgehead atoms. The maximum atomic E-state index is 10.7. The van der Waals surface area contributed by atoms with Crippen LogP contribution in [0.2, 0.25) is 0 Å². The van der Waals surface area contributed by atoms with E-state index in [1.165, 1.54) is 18.5 Å². The number of nitrogens with zero attached hydrogens (tertiary/aromatic N) is 2. The van der Waals surface area contributed by atoms with E-state index in [9.17, 15) is 4.79 Å². The molecule has 0 aromatic carbocycles. The number of rotatable bonds is 1. The highest BCUT2D eigenvalue weighted by molar-refractivity contribution is 9.10. The minimum atomic E-state index is -1.02. The molecule has 3 N–H and O–H groups in total. The van der Waals surface area contributed by atoms with Crippen LogP contribution in [0.15, 0.2) is 22.9 Å². The molecule has 0 saturated carbocycles. The maximum Gasteiger partial charge on any atom is 0.337 e. The highest BCUT2D eigenvalue weighted by atomic mass is 79.9. The summed E-state index contributed by atoms with van der Waals surface area (Å²) in [6.45, 7) is 0. The standard InChI is InChI=1S/C9H6BrN3O2/c10-6-3-13-8(11)7-5(6)1-4(2-12-7)9(14)15/h1-3H,(H2,11,13)(H,14,15). The van der Waals surface area contributed by atoms with Crippen LogP contribution in [0.1, 0.15) is 10.4 Å². The van der Waals surface area contributed by atoms with E-state index in [2.05, 4.69) is 25.9 Å². The third-order valence-electron chi connectivity index (χ3n) is 1.95. The third-order valence-corrected chi connectivity index (χ3v) is 2.58. The van der Waals surface area contributed by atoms with Crippen molar-refractivity contribution in [1.29, 1.82) is 0 Å². The predicted molar refractivity (Wildman–Crippen MR) is 58.6 cm³/mol. The highest BCUT2D eigenvalue weighted by Gasteiger charge is 2.09. The first-order valence-corrected chi connectivity index (χ1v) is 4.82. The Bertz CT molecular complexity index is 556. The second-order valence-corrected chi connectivity index (χ2v) is 3.77. The van der Waals surface area contributed by atoms with Crippen molar-refractivity contribution in [2.45, 2.75) is 0 Å². The van der Waals surface area contributed by atoms with E-state index in [0.717, 1.165) is 0 Å². The van der Waals surface area contributed by atoms with Crippen LogP contribution in [0.4, 0.5) is 5.82 Å². The molecular weight excluding hydrogens is 262 g/mol. The van der Waals surface area contributed by atoms with Gasteiger partial charge in [0.2, 0.25) is 0 Å². The van der Waals surface area contributed by atoms with Gasteiger partial charge in [0.25, 0.3) is 0 Å². The average Bonchev–Trinajstić information content (AvgIpc) is 2.23. The Kier molecular flexibility index (Phi) is 2.28. The summed E-state index contributed by atoms with van der Waals surface area (Å²) in [5, 5.41) is 9.44. The lowest BCUT2D eigenvalue weighted by Crippen LogP contribution is -1.99. The van der Waals surface area contributed by atoms with Gasteiger partial charge in [0.05, 0.1) is 5.56 Å². The molecule has 0 amide bonds. The summed E-state index contributed by atoms with van der Waals surface area (Å²) in [6, 6.07) is 1.51. The van der Waals surface area contributed by atoms with E-state index in [1.54, 1.807) is 0 Å². The molecule has 0 aliphatic rings. The molecule has 76 valence electrons. The number of carbonyl (C=O) groups is 1. The Hall–Kier alpha value is -1.69. The van der Waals surface area contributed by atoms with Crippen LogP contribution in [0, 0.1) is 0 Å². The minimum Gasteiger partial charge on any atom is -0.478 e. The molecule has 2 aromatic heterocycles. The van der Waals surface area contributed by atoms with Gasteiger partial charge in [-0.15, -0.1) is 0 Å². The number of carboxylic acids is 1. The largest absolute Gasteiger partial charge is 0.478 e. The molecule has 2 rings (SSSR count). The van der Waals surface area contributed by atoms with Gasteiger partial charge in [-0.25, -0.2) is 9.78 Å². The maximum absolute atomic E-state index is 10.7. The van der Waals surface area contributed by atoms with Crippen molar-refractivity contribution in [3.63, 3.8) is 0 Å². The number of halogens is 1. The molecule has 0 spiro atoms. The number of nitrogens with two attached hydrogens (primary N) is 1. The first-order valence-electron chi connectivity index (χ1n) is 4.02. The molecule has 0 aliphatic carbocycles. The lowest BCUT2D eigenvalue weighted by atomic mass is 10.2. The van der Waals surface area contributed by atoms with Crippen LogP contribution < -0.4 is 5.73 Å². The van der Waals surface area contributed by atoms with Crippen molar-refractivity contribution in [2.24, 2.45) is 0 Å². The van der Waals surface area contributed by atoms with Crippen molar-refractivity contribution in [1.82, 2.24) is 9.97 Å². The fourth-order valence-corrected chi connectivity index (χ4v) is 1.63. The van der Waals surface area contributed by atoms with Gasteiger partial charge in [0.1, 0.15) is 11.3 Å². The van der Waals surface area contributed by atoms with Crippen molar-refractivity contribution < 1.29 is 9.90 Å². The van der Waals surface area contributed by atoms with Crippen LogP contribution in [0.3, 0.4) is 0 Å². The number of anilines is 1. The Labute approximate surface area is 93.1 Å². The van der Waals surface area contributed by atoms with Gasteiger partial charge in [-0.1, -0.05) is 0 Å². The molecule has 0 unspecified atom stereocenters. The number of aromatic nitrogens is 2. The first-order chi connectivity index (χ1) is 7.09. The summed E-state index contributed by atoms with van der Waals surface area (Å²) in [7, 11) is 0. The fourth-order valence-electron chi connectivity index (χ4n) is 1.22. The summed E-state index contributed by atoms with van der Waals surface area (Å²) in [6.07, 6.45) is 2.78. The summed E-state index contributed by atoms with van der Waals surface area (Å²) in [5.74, 6) is -0.739. The van der Waals surface area contributed by atoms with Crippen molar-refractivity contribution in [2.75, 3.05) is 5.73 Å². The van der Waals surface area contributed by atoms with Crippen LogP contribution in [0.5, 0.6) is 0 Å². The zero-order valence-electron chi connectivity index (χ0n) is 7.44. The fraction of sp³-hybridized carbons (Fsp3) is 0. The molecule has 5 nitrogen and oxygen atoms in total. The highest BCUT2D eigenvalue weighted by Crippen LogP contribution is 2.25. The summed E-state index contributed by atoms with van der Waals surface area (Å²) in [4.78, 5) is 18.6. The molecule has 6 heteroatoms. The molecular formula is C9H6BrN3O2. The van der Waals surface area contributed by atoms with Gasteiger partial charge < -0.3 is 10.8 Å². The van der Waals surface area contributed by atoms with E-state index in [-0.39, 0.29) is 11.4 Å². The minimum absolute atomic E-state index is 0.119. The second-order valence-electron chi connectivity index (χ2n) is 2.92. The van der Waals surface area contributed by atoms with Crippen LogP contribution in [-0.4, -0.2) is 21.0 Å². The summed E-state index contributed by atoms with van der Waals surface area (Å²) >= 11 is 3.26. The average molecular weight is 268 g/mol. The van der Waals surface area contributed by atoms with Crippen LogP contribution in [-0.2, 0) is 0 Å². The van der Waals surface area contributed by atoms with E-state index >= 15 is 0 Å². The van der Waals surface area contributed by atoms with Crippen molar-refractivity contribution in [3.8, 4) is 0 Å². The lowest BCUT2D eigenvalue weighted by Gasteiger charge is -2.03. The number of carboxylic acid groups (broad SMARTS) is 1. The molecule has 0 saturated heterocycles. The monoisotopic (exact) mass is 267 g/mol. The Morgan fingerprint density at radius 1 is 1.40 bits per heavy atom. The quantitative estimate of drug-likeness (QED) is 0.821. The molecule has 2 aromatic rings. The van der Waals surface area contributed by atoms with E-state index in [1.807, 2.05) is 0 Å². The number of hydrogen-bond donors (Lipinski definition) is 2. The summed E-state index contributed by atoms with van der Waals surface area (Å²) < 4.78 is 0.669. The smallest absolute Gasteiger partial charge is 0.337 e. The van der Waals surface area contributed by atoms with Crippen LogP contribution >= 0.6 is 15.9 Å². The van der Waals surface area contributed by atoms with Crippen molar-refractivity contribution >= 4 is 38.6 Å². The van der Waals surface area contributed by atoms with Gasteiger partial charge in [-0.2, -0.15) is 0 Å². The molecule has 2 heterocycles. The predicted octanol–water partition coefficient (Wildman–Crippen LogP) is 1.67. The third kappa shape index (κ3) is 1.63. The second kappa shape index (κ2) is 3.47. The topological polar surface area (TPSA) is 89.1 Å². The zero-order valence-corrected chi connectivity index (χ0v) is 9.02. The lowest BCUT2D eigenvalue weighted by molar-refractivity contribution is 0.0696. The van der Waals surface area contributed by atoms with Gasteiger partial charge in [0, 0.05) is 22.3 Å². The first kappa shape index (κ1) is 9.85.